The van der Waals surface area contributed by atoms with Crippen molar-refractivity contribution in [1.82, 2.24) is 4.90 Å². The van der Waals surface area contributed by atoms with Gasteiger partial charge in [-0.2, -0.15) is 11.8 Å². The first-order valence-corrected chi connectivity index (χ1v) is 8.54. The average Bonchev–Trinajstić information content (AvgIpc) is 3.17. The lowest BCUT2D eigenvalue weighted by Gasteiger charge is -2.17. The van der Waals surface area contributed by atoms with Crippen LogP contribution in [-0.2, 0) is 4.79 Å². The maximum absolute atomic E-state index is 12.1. The normalized spacial score (nSPS) is 22.0. The standard InChI is InChI=1S/C16H21NO2S/c18-16(12-20-11-13-6-7-13)17-9-8-15(10-17)19-14-4-2-1-3-5-14/h1-5,13,15H,6-12H2. The number of benzene rings is 1. The van der Waals surface area contributed by atoms with E-state index in [0.29, 0.717) is 5.75 Å². The van der Waals surface area contributed by atoms with Crippen LogP contribution in [0.1, 0.15) is 19.3 Å². The highest BCUT2D eigenvalue weighted by atomic mass is 32.2. The number of rotatable bonds is 6. The summed E-state index contributed by atoms with van der Waals surface area (Å²) in [5.41, 5.74) is 0. The summed E-state index contributed by atoms with van der Waals surface area (Å²) in [7, 11) is 0. The fourth-order valence-electron chi connectivity index (χ4n) is 2.43. The van der Waals surface area contributed by atoms with Gasteiger partial charge in [-0.15, -0.1) is 0 Å². The predicted molar refractivity (Wildman–Crippen MR) is 82.1 cm³/mol. The Bertz CT molecular complexity index is 447. The van der Waals surface area contributed by atoms with Gasteiger partial charge in [0.25, 0.3) is 0 Å². The summed E-state index contributed by atoms with van der Waals surface area (Å²) in [5, 5.41) is 0. The zero-order valence-corrected chi connectivity index (χ0v) is 12.5. The van der Waals surface area contributed by atoms with E-state index >= 15 is 0 Å². The predicted octanol–water partition coefficient (Wildman–Crippen LogP) is 2.81. The number of hydrogen-bond donors (Lipinski definition) is 0. The number of likely N-dealkylation sites (tertiary alicyclic amines) is 1. The van der Waals surface area contributed by atoms with Crippen molar-refractivity contribution in [1.29, 1.82) is 0 Å². The maximum atomic E-state index is 12.1. The molecule has 1 aliphatic carbocycles. The molecule has 1 unspecified atom stereocenters. The number of thioether (sulfide) groups is 1. The Balaban J connectivity index is 1.40. The van der Waals surface area contributed by atoms with Crippen molar-refractivity contribution in [2.24, 2.45) is 5.92 Å². The van der Waals surface area contributed by atoms with Crippen LogP contribution < -0.4 is 4.74 Å². The molecule has 1 amide bonds. The number of para-hydroxylation sites is 1. The number of hydrogen-bond acceptors (Lipinski definition) is 3. The van der Waals surface area contributed by atoms with Crippen molar-refractivity contribution in [3.63, 3.8) is 0 Å². The van der Waals surface area contributed by atoms with Gasteiger partial charge in [-0.05, 0) is 36.6 Å². The summed E-state index contributed by atoms with van der Waals surface area (Å²) >= 11 is 1.79. The Morgan fingerprint density at radius 3 is 2.80 bits per heavy atom. The van der Waals surface area contributed by atoms with Gasteiger partial charge in [0, 0.05) is 13.0 Å². The molecule has 2 aliphatic rings. The van der Waals surface area contributed by atoms with Crippen LogP contribution in [-0.4, -0.2) is 41.5 Å². The Morgan fingerprint density at radius 1 is 1.25 bits per heavy atom. The Kier molecular flexibility index (Phi) is 4.51. The highest BCUT2D eigenvalue weighted by Gasteiger charge is 2.28. The second-order valence-corrected chi connectivity index (χ2v) is 6.67. The van der Waals surface area contributed by atoms with Gasteiger partial charge in [0.05, 0.1) is 12.3 Å². The molecule has 20 heavy (non-hydrogen) atoms. The fraction of sp³-hybridized carbons (Fsp3) is 0.562. The summed E-state index contributed by atoms with van der Waals surface area (Å²) in [6, 6.07) is 9.86. The van der Waals surface area contributed by atoms with Crippen LogP contribution in [0.4, 0.5) is 0 Å². The summed E-state index contributed by atoms with van der Waals surface area (Å²) < 4.78 is 5.91. The highest BCUT2D eigenvalue weighted by molar-refractivity contribution is 7.99. The molecule has 1 heterocycles. The molecule has 4 heteroatoms. The summed E-state index contributed by atoms with van der Waals surface area (Å²) in [6.45, 7) is 1.57. The number of carbonyl (C=O) groups excluding carboxylic acids is 1. The third-order valence-corrected chi connectivity index (χ3v) is 4.98. The molecule has 3 nitrogen and oxygen atoms in total. The molecule has 1 saturated carbocycles. The first kappa shape index (κ1) is 13.8. The molecule has 0 aromatic heterocycles. The lowest BCUT2D eigenvalue weighted by atomic mass is 10.3. The zero-order valence-electron chi connectivity index (χ0n) is 11.7. The topological polar surface area (TPSA) is 29.5 Å². The molecule has 1 saturated heterocycles. The molecular weight excluding hydrogens is 270 g/mol. The Morgan fingerprint density at radius 2 is 2.05 bits per heavy atom. The third-order valence-electron chi connectivity index (χ3n) is 3.82. The van der Waals surface area contributed by atoms with Gasteiger partial charge in [-0.3, -0.25) is 4.79 Å². The van der Waals surface area contributed by atoms with Gasteiger partial charge in [-0.1, -0.05) is 18.2 Å². The van der Waals surface area contributed by atoms with E-state index in [2.05, 4.69) is 0 Å². The van der Waals surface area contributed by atoms with Crippen LogP contribution in [0.5, 0.6) is 5.75 Å². The minimum atomic E-state index is 0.148. The first-order chi connectivity index (χ1) is 9.81. The van der Waals surface area contributed by atoms with Crippen molar-refractivity contribution >= 4 is 17.7 Å². The maximum Gasteiger partial charge on any atom is 0.232 e. The Hall–Kier alpha value is -1.16. The largest absolute Gasteiger partial charge is 0.489 e. The molecule has 1 atom stereocenters. The van der Waals surface area contributed by atoms with E-state index in [-0.39, 0.29) is 12.0 Å². The number of ether oxygens (including phenoxy) is 1. The van der Waals surface area contributed by atoms with E-state index in [1.54, 1.807) is 11.8 Å². The number of nitrogens with zero attached hydrogens (tertiary/aromatic N) is 1. The molecular formula is C16H21NO2S. The monoisotopic (exact) mass is 291 g/mol. The molecule has 2 fully saturated rings. The molecule has 0 spiro atoms. The van der Waals surface area contributed by atoms with E-state index < -0.39 is 0 Å². The SMILES string of the molecule is O=C(CSCC1CC1)N1CCC(Oc2ccccc2)C1. The summed E-state index contributed by atoms with van der Waals surface area (Å²) in [6.07, 6.45) is 3.80. The lowest BCUT2D eigenvalue weighted by molar-refractivity contribution is -0.127. The molecule has 1 aliphatic heterocycles. The van der Waals surface area contributed by atoms with Gasteiger partial charge in [0.1, 0.15) is 11.9 Å². The highest BCUT2D eigenvalue weighted by Crippen LogP contribution is 2.32. The van der Waals surface area contributed by atoms with Crippen LogP contribution in [0.3, 0.4) is 0 Å². The molecule has 0 bridgehead atoms. The van der Waals surface area contributed by atoms with E-state index in [0.717, 1.165) is 36.9 Å². The minimum Gasteiger partial charge on any atom is -0.489 e. The minimum absolute atomic E-state index is 0.148. The molecule has 0 N–H and O–H groups in total. The van der Waals surface area contributed by atoms with E-state index in [4.69, 9.17) is 4.74 Å². The second kappa shape index (κ2) is 6.53. The average molecular weight is 291 g/mol. The molecule has 1 aromatic rings. The second-order valence-electron chi connectivity index (χ2n) is 5.64. The molecule has 0 radical (unpaired) electrons. The molecule has 1 aromatic carbocycles. The number of carbonyl (C=O) groups is 1. The van der Waals surface area contributed by atoms with Gasteiger partial charge in [0.2, 0.25) is 5.91 Å². The summed E-state index contributed by atoms with van der Waals surface area (Å²) in [4.78, 5) is 14.0. The van der Waals surface area contributed by atoms with Crippen molar-refractivity contribution in [3.05, 3.63) is 30.3 Å². The Labute approximate surface area is 124 Å². The van der Waals surface area contributed by atoms with E-state index in [1.807, 2.05) is 35.2 Å². The molecule has 108 valence electrons. The smallest absolute Gasteiger partial charge is 0.232 e. The molecule has 3 rings (SSSR count). The fourth-order valence-corrected chi connectivity index (χ4v) is 3.57. The van der Waals surface area contributed by atoms with Crippen molar-refractivity contribution in [2.75, 3.05) is 24.6 Å². The number of amides is 1. The lowest BCUT2D eigenvalue weighted by Crippen LogP contribution is -2.32. The van der Waals surface area contributed by atoms with Crippen molar-refractivity contribution in [2.45, 2.75) is 25.4 Å². The van der Waals surface area contributed by atoms with Crippen LogP contribution in [0.2, 0.25) is 0 Å². The quantitative estimate of drug-likeness (QED) is 0.807. The van der Waals surface area contributed by atoms with Crippen LogP contribution in [0.25, 0.3) is 0 Å². The van der Waals surface area contributed by atoms with Gasteiger partial charge >= 0.3 is 0 Å². The third kappa shape index (κ3) is 3.92. The van der Waals surface area contributed by atoms with Gasteiger partial charge < -0.3 is 9.64 Å². The van der Waals surface area contributed by atoms with Crippen LogP contribution in [0.15, 0.2) is 30.3 Å². The van der Waals surface area contributed by atoms with Gasteiger partial charge in [-0.25, -0.2) is 0 Å². The van der Waals surface area contributed by atoms with Crippen molar-refractivity contribution in [3.8, 4) is 5.75 Å². The van der Waals surface area contributed by atoms with E-state index in [9.17, 15) is 4.79 Å². The van der Waals surface area contributed by atoms with Crippen molar-refractivity contribution < 1.29 is 9.53 Å². The first-order valence-electron chi connectivity index (χ1n) is 7.38. The van der Waals surface area contributed by atoms with E-state index in [1.165, 1.54) is 12.8 Å². The zero-order chi connectivity index (χ0) is 13.8. The van der Waals surface area contributed by atoms with Crippen LogP contribution in [0, 0.1) is 5.92 Å². The summed E-state index contributed by atoms with van der Waals surface area (Å²) in [5.74, 6) is 3.85. The van der Waals surface area contributed by atoms with Gasteiger partial charge in [0.15, 0.2) is 0 Å². The van der Waals surface area contributed by atoms with Crippen LogP contribution >= 0.6 is 11.8 Å².